The zero-order chi connectivity index (χ0) is 24.8. The topological polar surface area (TPSA) is 45.5 Å². The summed E-state index contributed by atoms with van der Waals surface area (Å²) in [5.41, 5.74) is 4.54. The minimum Gasteiger partial charge on any atom is -0.493 e. The van der Waals surface area contributed by atoms with Crippen molar-refractivity contribution in [1.29, 1.82) is 0 Å². The Morgan fingerprint density at radius 3 is 2.43 bits per heavy atom. The van der Waals surface area contributed by atoms with E-state index in [4.69, 9.17) is 19.2 Å². The molecule has 3 aromatic carbocycles. The summed E-state index contributed by atoms with van der Waals surface area (Å²) in [5.74, 6) is 3.14. The first-order valence-electron chi connectivity index (χ1n) is 12.0. The molecule has 4 aromatic rings. The molecule has 0 aliphatic rings. The van der Waals surface area contributed by atoms with Crippen LogP contribution in [0.25, 0.3) is 11.0 Å². The number of rotatable bonds is 10. The summed E-state index contributed by atoms with van der Waals surface area (Å²) in [6.45, 7) is 11.9. The Bertz CT molecular complexity index is 1280. The number of benzene rings is 3. The van der Waals surface area contributed by atoms with E-state index in [1.807, 2.05) is 54.6 Å². The van der Waals surface area contributed by atoms with Crippen molar-refractivity contribution < 1.29 is 14.2 Å². The van der Waals surface area contributed by atoms with Crippen molar-refractivity contribution in [2.45, 2.75) is 45.8 Å². The van der Waals surface area contributed by atoms with E-state index in [-0.39, 0.29) is 5.41 Å². The number of hydrogen-bond acceptors (Lipinski definition) is 4. The van der Waals surface area contributed by atoms with Gasteiger partial charge in [0.05, 0.1) is 24.7 Å². The lowest BCUT2D eigenvalue weighted by atomic mass is 9.87. The molecule has 0 unspecified atom stereocenters. The molecule has 1 heterocycles. The molecular formula is C30H34N2O3. The summed E-state index contributed by atoms with van der Waals surface area (Å²) in [6.07, 6.45) is 2.67. The Morgan fingerprint density at radius 2 is 1.71 bits per heavy atom. The van der Waals surface area contributed by atoms with Crippen LogP contribution < -0.4 is 14.2 Å². The monoisotopic (exact) mass is 470 g/mol. The highest BCUT2D eigenvalue weighted by molar-refractivity contribution is 5.75. The Labute approximate surface area is 208 Å². The highest BCUT2D eigenvalue weighted by atomic mass is 16.5. The fourth-order valence-electron chi connectivity index (χ4n) is 4.06. The van der Waals surface area contributed by atoms with Crippen LogP contribution in [-0.2, 0) is 25.0 Å². The van der Waals surface area contributed by atoms with Crippen molar-refractivity contribution in [3.05, 3.63) is 96.3 Å². The maximum atomic E-state index is 6.11. The summed E-state index contributed by atoms with van der Waals surface area (Å²) >= 11 is 0. The standard InChI is InChI=1S/C30H34N2O3/c1-6-9-22-12-17-27(28(20-22)33-5)34-19-18-32-26-11-8-7-10-25(26)31-29(32)21-35-24-15-13-23(14-16-24)30(2,3)4/h6-8,10-17,20H,1,9,18-19,21H2,2-5H3. The van der Waals surface area contributed by atoms with Gasteiger partial charge in [0.25, 0.3) is 0 Å². The van der Waals surface area contributed by atoms with Gasteiger partial charge >= 0.3 is 0 Å². The molecule has 0 bridgehead atoms. The molecule has 1 aromatic heterocycles. The summed E-state index contributed by atoms with van der Waals surface area (Å²) in [6, 6.07) is 22.4. The van der Waals surface area contributed by atoms with E-state index in [1.54, 1.807) is 7.11 Å². The van der Waals surface area contributed by atoms with Gasteiger partial charge in [0.2, 0.25) is 0 Å². The van der Waals surface area contributed by atoms with Gasteiger partial charge in [-0.2, -0.15) is 0 Å². The lowest BCUT2D eigenvalue weighted by Gasteiger charge is -2.19. The second kappa shape index (κ2) is 10.7. The summed E-state index contributed by atoms with van der Waals surface area (Å²) in [4.78, 5) is 4.82. The summed E-state index contributed by atoms with van der Waals surface area (Å²) < 4.78 is 19.9. The van der Waals surface area contributed by atoms with Crippen molar-refractivity contribution in [1.82, 2.24) is 9.55 Å². The van der Waals surface area contributed by atoms with Gasteiger partial charge in [0.1, 0.15) is 24.8 Å². The maximum absolute atomic E-state index is 6.11. The van der Waals surface area contributed by atoms with Crippen LogP contribution >= 0.6 is 0 Å². The maximum Gasteiger partial charge on any atom is 0.161 e. The van der Waals surface area contributed by atoms with Gasteiger partial charge in [-0.15, -0.1) is 6.58 Å². The van der Waals surface area contributed by atoms with Gasteiger partial charge < -0.3 is 18.8 Å². The Hall–Kier alpha value is -3.73. The highest BCUT2D eigenvalue weighted by Gasteiger charge is 2.15. The number of fused-ring (bicyclic) bond motifs is 1. The number of ether oxygens (including phenoxy) is 3. The van der Waals surface area contributed by atoms with E-state index >= 15 is 0 Å². The number of methoxy groups -OCH3 is 1. The van der Waals surface area contributed by atoms with E-state index in [1.165, 1.54) is 5.56 Å². The Morgan fingerprint density at radius 1 is 0.943 bits per heavy atom. The lowest BCUT2D eigenvalue weighted by molar-refractivity contribution is 0.264. The number of allylic oxidation sites excluding steroid dienone is 1. The summed E-state index contributed by atoms with van der Waals surface area (Å²) in [7, 11) is 1.66. The van der Waals surface area contributed by atoms with Crippen LogP contribution in [0.2, 0.25) is 0 Å². The number of para-hydroxylation sites is 2. The highest BCUT2D eigenvalue weighted by Crippen LogP contribution is 2.29. The fraction of sp³-hybridized carbons (Fsp3) is 0.300. The second-order valence-corrected chi connectivity index (χ2v) is 9.56. The molecule has 182 valence electrons. The lowest BCUT2D eigenvalue weighted by Crippen LogP contribution is -2.13. The van der Waals surface area contributed by atoms with E-state index < -0.39 is 0 Å². The van der Waals surface area contributed by atoms with Crippen LogP contribution in [0.3, 0.4) is 0 Å². The fourth-order valence-corrected chi connectivity index (χ4v) is 4.06. The van der Waals surface area contributed by atoms with E-state index in [0.29, 0.717) is 19.8 Å². The molecule has 0 amide bonds. The van der Waals surface area contributed by atoms with Gasteiger partial charge in [0, 0.05) is 0 Å². The van der Waals surface area contributed by atoms with Crippen molar-refractivity contribution in [3.63, 3.8) is 0 Å². The number of imidazole rings is 1. The number of aromatic nitrogens is 2. The largest absolute Gasteiger partial charge is 0.493 e. The molecule has 0 aliphatic carbocycles. The predicted molar refractivity (Wildman–Crippen MR) is 142 cm³/mol. The molecule has 4 rings (SSSR count). The van der Waals surface area contributed by atoms with Crippen LogP contribution in [0.5, 0.6) is 17.2 Å². The minimum absolute atomic E-state index is 0.112. The zero-order valence-corrected chi connectivity index (χ0v) is 21.1. The van der Waals surface area contributed by atoms with Crippen molar-refractivity contribution in [3.8, 4) is 17.2 Å². The molecule has 5 heteroatoms. The van der Waals surface area contributed by atoms with E-state index in [9.17, 15) is 0 Å². The Kier molecular flexibility index (Phi) is 7.45. The third-order valence-corrected chi connectivity index (χ3v) is 6.00. The Balaban J connectivity index is 1.48. The average Bonchev–Trinajstić information content (AvgIpc) is 3.21. The molecule has 0 spiro atoms. The van der Waals surface area contributed by atoms with Crippen LogP contribution in [0.1, 0.15) is 37.7 Å². The molecular weight excluding hydrogens is 436 g/mol. The average molecular weight is 471 g/mol. The molecule has 0 saturated carbocycles. The van der Waals surface area contributed by atoms with Crippen LogP contribution in [0.15, 0.2) is 79.4 Å². The first-order valence-corrected chi connectivity index (χ1v) is 12.0. The van der Waals surface area contributed by atoms with Crippen LogP contribution in [-0.4, -0.2) is 23.3 Å². The second-order valence-electron chi connectivity index (χ2n) is 9.56. The third-order valence-electron chi connectivity index (χ3n) is 6.00. The van der Waals surface area contributed by atoms with Gasteiger partial charge in [-0.05, 0) is 59.4 Å². The van der Waals surface area contributed by atoms with E-state index in [0.717, 1.165) is 46.1 Å². The first-order chi connectivity index (χ1) is 16.9. The van der Waals surface area contributed by atoms with E-state index in [2.05, 4.69) is 50.1 Å². The molecule has 0 atom stereocenters. The molecule has 0 aliphatic heterocycles. The molecule has 0 saturated heterocycles. The molecule has 5 nitrogen and oxygen atoms in total. The van der Waals surface area contributed by atoms with Crippen molar-refractivity contribution in [2.24, 2.45) is 0 Å². The number of nitrogens with zero attached hydrogens (tertiary/aromatic N) is 2. The van der Waals surface area contributed by atoms with Crippen molar-refractivity contribution >= 4 is 11.0 Å². The van der Waals surface area contributed by atoms with Gasteiger partial charge in [-0.3, -0.25) is 0 Å². The van der Waals surface area contributed by atoms with Gasteiger partial charge in [-0.1, -0.05) is 57.2 Å². The molecule has 0 N–H and O–H groups in total. The zero-order valence-electron chi connectivity index (χ0n) is 21.1. The summed E-state index contributed by atoms with van der Waals surface area (Å²) in [5, 5.41) is 0. The SMILES string of the molecule is C=CCc1ccc(OCCn2c(COc3ccc(C(C)(C)C)cc3)nc3ccccc32)c(OC)c1. The quantitative estimate of drug-likeness (QED) is 0.241. The number of hydrogen-bond donors (Lipinski definition) is 0. The first kappa shape index (κ1) is 24.4. The van der Waals surface area contributed by atoms with Crippen LogP contribution in [0.4, 0.5) is 0 Å². The predicted octanol–water partition coefficient (Wildman–Crippen LogP) is 6.73. The molecule has 0 fully saturated rings. The van der Waals surface area contributed by atoms with Crippen LogP contribution in [0, 0.1) is 0 Å². The smallest absolute Gasteiger partial charge is 0.161 e. The molecule has 0 radical (unpaired) electrons. The van der Waals surface area contributed by atoms with Gasteiger partial charge in [-0.25, -0.2) is 4.98 Å². The van der Waals surface area contributed by atoms with Crippen molar-refractivity contribution in [2.75, 3.05) is 13.7 Å². The van der Waals surface area contributed by atoms with Gasteiger partial charge in [0.15, 0.2) is 11.5 Å². The normalized spacial score (nSPS) is 11.4. The minimum atomic E-state index is 0.112. The molecule has 35 heavy (non-hydrogen) atoms. The third kappa shape index (κ3) is 5.86.